The Labute approximate surface area is 133 Å². The van der Waals surface area contributed by atoms with Crippen molar-refractivity contribution >= 4 is 33.2 Å². The highest BCUT2D eigenvalue weighted by Gasteiger charge is 2.12. The van der Waals surface area contributed by atoms with Crippen molar-refractivity contribution in [2.24, 2.45) is 0 Å². The summed E-state index contributed by atoms with van der Waals surface area (Å²) in [6.45, 7) is 4.32. The molecule has 2 aromatic heterocycles. The van der Waals surface area contributed by atoms with Gasteiger partial charge in [-0.2, -0.15) is 0 Å². The highest BCUT2D eigenvalue weighted by molar-refractivity contribution is 7.17. The molecule has 0 aliphatic rings. The highest BCUT2D eigenvalue weighted by Crippen LogP contribution is 2.25. The third-order valence-electron chi connectivity index (χ3n) is 3.67. The van der Waals surface area contributed by atoms with E-state index in [2.05, 4.69) is 47.7 Å². The number of hydrogen-bond donors (Lipinski definition) is 1. The first kappa shape index (κ1) is 14.5. The quantitative estimate of drug-likeness (QED) is 0.700. The lowest BCUT2D eigenvalue weighted by molar-refractivity contribution is 0.494. The number of nitrogens with one attached hydrogen (secondary N) is 1. The molecule has 0 amide bonds. The average molecular weight is 317 g/mol. The molecule has 3 rings (SSSR count). The Morgan fingerprint density at radius 1 is 1.10 bits per heavy atom. The van der Waals surface area contributed by atoms with E-state index in [9.17, 15) is 0 Å². The topological polar surface area (TPSA) is 24.9 Å². The Kier molecular flexibility index (Phi) is 4.24. The molecule has 3 aromatic rings. The molecule has 0 saturated carbocycles. The van der Waals surface area contributed by atoms with Crippen LogP contribution in [0.1, 0.15) is 37.1 Å². The van der Waals surface area contributed by atoms with Gasteiger partial charge in [-0.05, 0) is 54.6 Å². The van der Waals surface area contributed by atoms with Gasteiger partial charge in [0.2, 0.25) is 0 Å². The summed E-state index contributed by atoms with van der Waals surface area (Å²) in [5.41, 5.74) is 3.47. The summed E-state index contributed by atoms with van der Waals surface area (Å²) < 4.78 is 1.23. The van der Waals surface area contributed by atoms with Gasteiger partial charge in [0.25, 0.3) is 0 Å². The Bertz CT molecular complexity index is 753. The standard InChI is InChI=1S/C17H17ClN2S/c1-11(13-4-3-5-15(18)8-13)20-12(2)14-9-17-16(19-10-14)6-7-21-17/h3-12,20H,1-2H3. The molecule has 2 atom stereocenters. The van der Waals surface area contributed by atoms with Gasteiger partial charge >= 0.3 is 0 Å². The number of halogens is 1. The second kappa shape index (κ2) is 6.14. The number of pyridine rings is 1. The minimum atomic E-state index is 0.234. The van der Waals surface area contributed by atoms with E-state index in [4.69, 9.17) is 11.6 Å². The van der Waals surface area contributed by atoms with Crippen LogP contribution in [0.3, 0.4) is 0 Å². The van der Waals surface area contributed by atoms with E-state index in [1.165, 1.54) is 15.8 Å². The average Bonchev–Trinajstić information content (AvgIpc) is 2.94. The fourth-order valence-corrected chi connectivity index (χ4v) is 3.43. The molecule has 21 heavy (non-hydrogen) atoms. The minimum absolute atomic E-state index is 0.234. The zero-order chi connectivity index (χ0) is 14.8. The van der Waals surface area contributed by atoms with E-state index in [1.54, 1.807) is 11.3 Å². The van der Waals surface area contributed by atoms with E-state index in [0.717, 1.165) is 10.5 Å². The molecular formula is C17H17ClN2S. The predicted octanol–water partition coefficient (Wildman–Crippen LogP) is 5.36. The van der Waals surface area contributed by atoms with Gasteiger partial charge in [0.05, 0.1) is 10.2 Å². The Morgan fingerprint density at radius 2 is 1.90 bits per heavy atom. The molecule has 108 valence electrons. The Morgan fingerprint density at radius 3 is 2.71 bits per heavy atom. The fourth-order valence-electron chi connectivity index (χ4n) is 2.44. The predicted molar refractivity (Wildman–Crippen MR) is 91.0 cm³/mol. The number of thiophene rings is 1. The molecule has 4 heteroatoms. The SMILES string of the molecule is CC(NC(C)c1cnc2ccsc2c1)c1cccc(Cl)c1. The zero-order valence-corrected chi connectivity index (χ0v) is 13.6. The van der Waals surface area contributed by atoms with E-state index in [1.807, 2.05) is 24.4 Å². The molecule has 2 heterocycles. The Hall–Kier alpha value is -1.42. The van der Waals surface area contributed by atoms with E-state index >= 15 is 0 Å². The molecule has 2 nitrogen and oxygen atoms in total. The van der Waals surface area contributed by atoms with Gasteiger partial charge in [0, 0.05) is 23.3 Å². The minimum Gasteiger partial charge on any atom is -0.304 e. The normalized spacial score (nSPS) is 14.2. The van der Waals surface area contributed by atoms with Crippen LogP contribution in [0.2, 0.25) is 5.02 Å². The summed E-state index contributed by atoms with van der Waals surface area (Å²) >= 11 is 7.79. The number of hydrogen-bond acceptors (Lipinski definition) is 3. The van der Waals surface area contributed by atoms with Crippen LogP contribution >= 0.6 is 22.9 Å². The number of benzene rings is 1. The molecule has 0 fully saturated rings. The summed E-state index contributed by atoms with van der Waals surface area (Å²) in [6, 6.07) is 12.7. The molecule has 0 aliphatic heterocycles. The summed E-state index contributed by atoms with van der Waals surface area (Å²) in [4.78, 5) is 4.51. The lowest BCUT2D eigenvalue weighted by Crippen LogP contribution is -2.22. The molecule has 0 bridgehead atoms. The van der Waals surface area contributed by atoms with Crippen molar-refractivity contribution in [2.45, 2.75) is 25.9 Å². The first-order valence-electron chi connectivity index (χ1n) is 6.98. The second-order valence-corrected chi connectivity index (χ2v) is 6.62. The third-order valence-corrected chi connectivity index (χ3v) is 4.76. The number of rotatable bonds is 4. The summed E-state index contributed by atoms with van der Waals surface area (Å²) in [5, 5.41) is 6.45. The zero-order valence-electron chi connectivity index (χ0n) is 12.0. The second-order valence-electron chi connectivity index (χ2n) is 5.24. The number of aromatic nitrogens is 1. The van der Waals surface area contributed by atoms with Crippen LogP contribution in [0.25, 0.3) is 10.2 Å². The maximum Gasteiger partial charge on any atom is 0.0809 e. The number of fused-ring (bicyclic) bond motifs is 1. The van der Waals surface area contributed by atoms with Gasteiger partial charge in [-0.25, -0.2) is 0 Å². The van der Waals surface area contributed by atoms with Crippen LogP contribution in [-0.4, -0.2) is 4.98 Å². The molecule has 0 aliphatic carbocycles. The maximum absolute atomic E-state index is 6.06. The molecule has 1 aromatic carbocycles. The summed E-state index contributed by atoms with van der Waals surface area (Å²) in [7, 11) is 0. The van der Waals surface area contributed by atoms with Crippen molar-refractivity contribution in [3.63, 3.8) is 0 Å². The molecule has 0 radical (unpaired) electrons. The van der Waals surface area contributed by atoms with Crippen LogP contribution in [0.5, 0.6) is 0 Å². The van der Waals surface area contributed by atoms with Crippen LogP contribution in [0.15, 0.2) is 48.0 Å². The summed E-state index contributed by atoms with van der Waals surface area (Å²) in [6.07, 6.45) is 1.96. The monoisotopic (exact) mass is 316 g/mol. The van der Waals surface area contributed by atoms with Crippen molar-refractivity contribution in [2.75, 3.05) is 0 Å². The number of nitrogens with zero attached hydrogens (tertiary/aromatic N) is 1. The van der Waals surface area contributed by atoms with Gasteiger partial charge in [-0.15, -0.1) is 11.3 Å². The van der Waals surface area contributed by atoms with Crippen molar-refractivity contribution in [3.8, 4) is 0 Å². The van der Waals surface area contributed by atoms with Gasteiger partial charge in [-0.1, -0.05) is 23.7 Å². The maximum atomic E-state index is 6.06. The van der Waals surface area contributed by atoms with Gasteiger partial charge in [0.15, 0.2) is 0 Å². The Balaban J connectivity index is 1.77. The summed E-state index contributed by atoms with van der Waals surface area (Å²) in [5.74, 6) is 0. The van der Waals surface area contributed by atoms with Crippen LogP contribution in [0.4, 0.5) is 0 Å². The van der Waals surface area contributed by atoms with Crippen LogP contribution in [-0.2, 0) is 0 Å². The van der Waals surface area contributed by atoms with Gasteiger partial charge in [-0.3, -0.25) is 4.98 Å². The van der Waals surface area contributed by atoms with Crippen molar-refractivity contribution < 1.29 is 0 Å². The third kappa shape index (κ3) is 3.26. The lowest BCUT2D eigenvalue weighted by atomic mass is 10.1. The van der Waals surface area contributed by atoms with Crippen LogP contribution in [0, 0.1) is 0 Å². The van der Waals surface area contributed by atoms with Gasteiger partial charge < -0.3 is 5.32 Å². The fraction of sp³-hybridized carbons (Fsp3) is 0.235. The van der Waals surface area contributed by atoms with E-state index in [-0.39, 0.29) is 12.1 Å². The largest absolute Gasteiger partial charge is 0.304 e. The first-order chi connectivity index (χ1) is 10.1. The van der Waals surface area contributed by atoms with E-state index < -0.39 is 0 Å². The lowest BCUT2D eigenvalue weighted by Gasteiger charge is -2.20. The van der Waals surface area contributed by atoms with Gasteiger partial charge in [0.1, 0.15) is 0 Å². The highest BCUT2D eigenvalue weighted by atomic mass is 35.5. The molecular weight excluding hydrogens is 300 g/mol. The van der Waals surface area contributed by atoms with Crippen molar-refractivity contribution in [1.29, 1.82) is 0 Å². The van der Waals surface area contributed by atoms with Crippen molar-refractivity contribution in [3.05, 3.63) is 64.1 Å². The smallest absolute Gasteiger partial charge is 0.0809 e. The van der Waals surface area contributed by atoms with Crippen LogP contribution < -0.4 is 5.32 Å². The van der Waals surface area contributed by atoms with E-state index in [0.29, 0.717) is 0 Å². The molecule has 1 N–H and O–H groups in total. The molecule has 2 unspecified atom stereocenters. The van der Waals surface area contributed by atoms with Crippen molar-refractivity contribution in [1.82, 2.24) is 10.3 Å². The first-order valence-corrected chi connectivity index (χ1v) is 8.24. The molecule has 0 saturated heterocycles. The molecule has 0 spiro atoms.